The Morgan fingerprint density at radius 1 is 1.09 bits per heavy atom. The van der Waals surface area contributed by atoms with E-state index in [1.54, 1.807) is 7.11 Å². The van der Waals surface area contributed by atoms with Gasteiger partial charge in [0.25, 0.3) is 0 Å². The van der Waals surface area contributed by atoms with Gasteiger partial charge in [0.2, 0.25) is 5.91 Å². The number of benzene rings is 2. The molecule has 1 amide bonds. The molecule has 2 aromatic rings. The lowest BCUT2D eigenvalue weighted by Crippen LogP contribution is -2.26. The van der Waals surface area contributed by atoms with Gasteiger partial charge in [-0.1, -0.05) is 48.5 Å². The van der Waals surface area contributed by atoms with Crippen molar-refractivity contribution in [3.63, 3.8) is 0 Å². The van der Waals surface area contributed by atoms with Crippen LogP contribution in [-0.4, -0.2) is 13.0 Å². The minimum absolute atomic E-state index is 0.0552. The summed E-state index contributed by atoms with van der Waals surface area (Å²) in [5.41, 5.74) is 2.27. The Kier molecular flexibility index (Phi) is 6.01. The zero-order valence-corrected chi connectivity index (χ0v) is 13.2. The number of rotatable bonds is 7. The highest BCUT2D eigenvalue weighted by Crippen LogP contribution is 2.24. The minimum Gasteiger partial charge on any atom is -0.496 e. The highest BCUT2D eigenvalue weighted by atomic mass is 16.5. The van der Waals surface area contributed by atoms with Gasteiger partial charge in [-0.15, -0.1) is 0 Å². The van der Waals surface area contributed by atoms with Gasteiger partial charge in [0.15, 0.2) is 0 Å². The van der Waals surface area contributed by atoms with Crippen LogP contribution in [0.1, 0.15) is 36.9 Å². The van der Waals surface area contributed by atoms with Crippen LogP contribution in [0.4, 0.5) is 0 Å². The first-order valence-corrected chi connectivity index (χ1v) is 7.67. The number of aryl methyl sites for hydroxylation is 1. The van der Waals surface area contributed by atoms with Crippen LogP contribution in [0.3, 0.4) is 0 Å². The van der Waals surface area contributed by atoms with Gasteiger partial charge in [-0.3, -0.25) is 4.79 Å². The Morgan fingerprint density at radius 3 is 2.50 bits per heavy atom. The first kappa shape index (κ1) is 16.1. The van der Waals surface area contributed by atoms with Crippen molar-refractivity contribution in [2.45, 2.75) is 32.2 Å². The maximum atomic E-state index is 12.1. The topological polar surface area (TPSA) is 38.3 Å². The number of para-hydroxylation sites is 1. The Balaban J connectivity index is 1.81. The Bertz CT molecular complexity index is 595. The molecule has 1 unspecified atom stereocenters. The van der Waals surface area contributed by atoms with Crippen LogP contribution in [0.5, 0.6) is 5.75 Å². The van der Waals surface area contributed by atoms with Crippen LogP contribution >= 0.6 is 0 Å². The molecule has 2 aromatic carbocycles. The fourth-order valence-corrected chi connectivity index (χ4v) is 2.51. The summed E-state index contributed by atoms with van der Waals surface area (Å²) < 4.78 is 5.34. The van der Waals surface area contributed by atoms with Gasteiger partial charge in [0.05, 0.1) is 13.2 Å². The molecule has 0 bridgehead atoms. The molecule has 0 fully saturated rings. The van der Waals surface area contributed by atoms with Crippen molar-refractivity contribution in [2.24, 2.45) is 0 Å². The second-order valence-corrected chi connectivity index (χ2v) is 5.37. The number of carbonyl (C=O) groups is 1. The molecule has 0 saturated heterocycles. The van der Waals surface area contributed by atoms with Crippen molar-refractivity contribution in [3.8, 4) is 5.75 Å². The normalized spacial score (nSPS) is 11.7. The quantitative estimate of drug-likeness (QED) is 0.842. The van der Waals surface area contributed by atoms with Gasteiger partial charge >= 0.3 is 0 Å². The van der Waals surface area contributed by atoms with E-state index in [2.05, 4.69) is 17.4 Å². The second-order valence-electron chi connectivity index (χ2n) is 5.37. The van der Waals surface area contributed by atoms with Crippen molar-refractivity contribution in [1.82, 2.24) is 5.32 Å². The minimum atomic E-state index is -0.0552. The Morgan fingerprint density at radius 2 is 1.77 bits per heavy atom. The number of nitrogens with one attached hydrogen (secondary N) is 1. The Hall–Kier alpha value is -2.29. The van der Waals surface area contributed by atoms with Crippen molar-refractivity contribution >= 4 is 5.91 Å². The van der Waals surface area contributed by atoms with Gasteiger partial charge in [0.1, 0.15) is 5.75 Å². The van der Waals surface area contributed by atoms with E-state index in [4.69, 9.17) is 4.74 Å². The van der Waals surface area contributed by atoms with Crippen LogP contribution in [0, 0.1) is 0 Å². The van der Waals surface area contributed by atoms with E-state index < -0.39 is 0 Å². The van der Waals surface area contributed by atoms with Crippen molar-refractivity contribution < 1.29 is 9.53 Å². The molecule has 0 heterocycles. The number of hydrogen-bond acceptors (Lipinski definition) is 2. The average Bonchev–Trinajstić information content (AvgIpc) is 2.55. The Labute approximate surface area is 132 Å². The monoisotopic (exact) mass is 297 g/mol. The number of amides is 1. The first-order chi connectivity index (χ1) is 10.7. The van der Waals surface area contributed by atoms with Crippen LogP contribution in [0.15, 0.2) is 54.6 Å². The summed E-state index contributed by atoms with van der Waals surface area (Å²) in [4.78, 5) is 12.1. The smallest absolute Gasteiger partial charge is 0.220 e. The maximum Gasteiger partial charge on any atom is 0.220 e. The summed E-state index contributed by atoms with van der Waals surface area (Å²) >= 11 is 0. The largest absolute Gasteiger partial charge is 0.496 e. The van der Waals surface area contributed by atoms with E-state index in [1.807, 2.05) is 49.4 Å². The number of hydrogen-bond donors (Lipinski definition) is 1. The van der Waals surface area contributed by atoms with Crippen LogP contribution in [0.25, 0.3) is 0 Å². The predicted octanol–water partition coefficient (Wildman–Crippen LogP) is 3.90. The molecule has 22 heavy (non-hydrogen) atoms. The van der Waals surface area contributed by atoms with E-state index in [9.17, 15) is 4.79 Å². The molecule has 0 aliphatic carbocycles. The molecule has 3 heteroatoms. The van der Waals surface area contributed by atoms with Crippen LogP contribution in [0.2, 0.25) is 0 Å². The first-order valence-electron chi connectivity index (χ1n) is 7.67. The van der Waals surface area contributed by atoms with Crippen molar-refractivity contribution in [2.75, 3.05) is 7.11 Å². The lowest BCUT2D eigenvalue weighted by Gasteiger charge is -2.17. The molecule has 0 radical (unpaired) electrons. The molecular formula is C19H23NO2. The SMILES string of the molecule is COc1ccccc1C(C)NC(=O)CCCc1ccccc1. The lowest BCUT2D eigenvalue weighted by molar-refractivity contribution is -0.121. The van der Waals surface area contributed by atoms with Gasteiger partial charge in [-0.05, 0) is 31.4 Å². The average molecular weight is 297 g/mol. The van der Waals surface area contributed by atoms with Crippen molar-refractivity contribution in [3.05, 3.63) is 65.7 Å². The van der Waals surface area contributed by atoms with Crippen LogP contribution in [-0.2, 0) is 11.2 Å². The second kappa shape index (κ2) is 8.23. The number of ether oxygens (including phenoxy) is 1. The molecule has 0 aliphatic rings. The third-order valence-corrected chi connectivity index (χ3v) is 3.70. The van der Waals surface area contributed by atoms with Gasteiger partial charge in [-0.25, -0.2) is 0 Å². The van der Waals surface area contributed by atoms with Gasteiger partial charge in [0, 0.05) is 12.0 Å². The van der Waals surface area contributed by atoms with Gasteiger partial charge < -0.3 is 10.1 Å². The highest BCUT2D eigenvalue weighted by Gasteiger charge is 2.13. The van der Waals surface area contributed by atoms with Crippen molar-refractivity contribution in [1.29, 1.82) is 0 Å². The summed E-state index contributed by atoms with van der Waals surface area (Å²) in [6.07, 6.45) is 2.32. The summed E-state index contributed by atoms with van der Waals surface area (Å²) in [6.45, 7) is 1.98. The fraction of sp³-hybridized carbons (Fsp3) is 0.316. The standard InChI is InChI=1S/C19H23NO2/c1-15(17-12-6-7-13-18(17)22-2)20-19(21)14-8-11-16-9-4-3-5-10-16/h3-7,9-10,12-13,15H,8,11,14H2,1-2H3,(H,20,21). The molecule has 1 atom stereocenters. The van der Waals surface area contributed by atoms with E-state index in [-0.39, 0.29) is 11.9 Å². The van der Waals surface area contributed by atoms with E-state index in [1.165, 1.54) is 5.56 Å². The summed E-state index contributed by atoms with van der Waals surface area (Å²) in [5.74, 6) is 0.883. The maximum absolute atomic E-state index is 12.1. The van der Waals surface area contributed by atoms with Crippen LogP contribution < -0.4 is 10.1 Å². The predicted molar refractivity (Wildman–Crippen MR) is 88.9 cm³/mol. The zero-order chi connectivity index (χ0) is 15.8. The third-order valence-electron chi connectivity index (χ3n) is 3.70. The van der Waals surface area contributed by atoms with E-state index in [0.29, 0.717) is 6.42 Å². The molecule has 3 nitrogen and oxygen atoms in total. The molecule has 1 N–H and O–H groups in total. The number of carbonyl (C=O) groups excluding carboxylic acids is 1. The molecule has 116 valence electrons. The van der Waals surface area contributed by atoms with E-state index >= 15 is 0 Å². The molecule has 0 aromatic heterocycles. The molecule has 0 saturated carbocycles. The molecule has 0 aliphatic heterocycles. The lowest BCUT2D eigenvalue weighted by atomic mass is 10.1. The molecular weight excluding hydrogens is 274 g/mol. The molecule has 0 spiro atoms. The third kappa shape index (κ3) is 4.62. The number of methoxy groups -OCH3 is 1. The molecule has 2 rings (SSSR count). The fourth-order valence-electron chi connectivity index (χ4n) is 2.51. The highest BCUT2D eigenvalue weighted by molar-refractivity contribution is 5.76. The summed E-state index contributed by atoms with van der Waals surface area (Å²) in [6, 6.07) is 18.0. The van der Waals surface area contributed by atoms with Gasteiger partial charge in [-0.2, -0.15) is 0 Å². The van der Waals surface area contributed by atoms with E-state index in [0.717, 1.165) is 24.2 Å². The summed E-state index contributed by atoms with van der Waals surface area (Å²) in [7, 11) is 1.65. The zero-order valence-electron chi connectivity index (χ0n) is 13.2. The summed E-state index contributed by atoms with van der Waals surface area (Å²) in [5, 5.41) is 3.04.